The average Bonchev–Trinajstić information content (AvgIpc) is 2.91. The average molecular weight is 556 g/mol. The number of halogens is 1. The molecule has 1 saturated heterocycles. The fraction of sp³-hybridized carbons (Fsp3) is 0.379. The van der Waals surface area contributed by atoms with Crippen LogP contribution in [0.1, 0.15) is 36.5 Å². The maximum atomic E-state index is 14.5. The van der Waals surface area contributed by atoms with Crippen molar-refractivity contribution in [1.29, 1.82) is 0 Å². The molecule has 0 saturated carbocycles. The number of amides is 1. The summed E-state index contributed by atoms with van der Waals surface area (Å²) in [6.45, 7) is 3.87. The molecule has 2 heterocycles. The van der Waals surface area contributed by atoms with E-state index in [-0.39, 0.29) is 30.4 Å². The summed E-state index contributed by atoms with van der Waals surface area (Å²) in [5, 5.41) is 14.2. The van der Waals surface area contributed by atoms with Crippen LogP contribution in [0.3, 0.4) is 0 Å². The van der Waals surface area contributed by atoms with Crippen LogP contribution in [0.5, 0.6) is 5.75 Å². The third kappa shape index (κ3) is 7.62. The number of pyridine rings is 1. The molecule has 1 aliphatic rings. The third-order valence-electron chi connectivity index (χ3n) is 6.85. The Kier molecular flexibility index (Phi) is 9.32. The van der Waals surface area contributed by atoms with Crippen molar-refractivity contribution < 1.29 is 27.4 Å². The number of nitrogens with one attached hydrogen (secondary N) is 1. The Morgan fingerprint density at radius 1 is 1.21 bits per heavy atom. The Bertz CT molecular complexity index is 1390. The summed E-state index contributed by atoms with van der Waals surface area (Å²) in [7, 11) is -3.73. The number of rotatable bonds is 10. The molecule has 1 aliphatic heterocycles. The molecular formula is C29H34FN3O5S. The van der Waals surface area contributed by atoms with E-state index in [1.807, 2.05) is 19.1 Å². The van der Waals surface area contributed by atoms with E-state index in [9.17, 15) is 22.7 Å². The Morgan fingerprint density at radius 3 is 2.74 bits per heavy atom. The molecule has 3 aromatic rings. The number of aliphatic hydroxyl groups is 1. The van der Waals surface area contributed by atoms with Gasteiger partial charge in [-0.1, -0.05) is 18.2 Å². The van der Waals surface area contributed by atoms with Gasteiger partial charge in [0, 0.05) is 50.0 Å². The summed E-state index contributed by atoms with van der Waals surface area (Å²) in [4.78, 5) is 16.3. The van der Waals surface area contributed by atoms with Crippen molar-refractivity contribution in [2.75, 3.05) is 13.1 Å². The van der Waals surface area contributed by atoms with E-state index in [2.05, 4.69) is 10.3 Å². The van der Waals surface area contributed by atoms with Crippen LogP contribution in [0.15, 0.2) is 71.9 Å². The fourth-order valence-electron chi connectivity index (χ4n) is 4.97. The highest BCUT2D eigenvalue weighted by molar-refractivity contribution is 7.89. The second-order valence-electron chi connectivity index (χ2n) is 10.0. The van der Waals surface area contributed by atoms with Gasteiger partial charge in [0.25, 0.3) is 0 Å². The van der Waals surface area contributed by atoms with Crippen molar-refractivity contribution in [3.8, 4) is 5.75 Å². The number of benzene rings is 2. The summed E-state index contributed by atoms with van der Waals surface area (Å²) in [5.74, 6) is -0.940. The fourth-order valence-corrected chi connectivity index (χ4v) is 6.61. The van der Waals surface area contributed by atoms with E-state index < -0.39 is 33.9 Å². The lowest BCUT2D eigenvalue weighted by Gasteiger charge is -2.37. The Hall–Kier alpha value is -3.34. The second-order valence-corrected chi connectivity index (χ2v) is 12.0. The first-order chi connectivity index (χ1) is 18.6. The molecule has 0 aliphatic carbocycles. The minimum absolute atomic E-state index is 0.121. The van der Waals surface area contributed by atoms with Crippen molar-refractivity contribution in [2.24, 2.45) is 5.92 Å². The summed E-state index contributed by atoms with van der Waals surface area (Å²) in [5.41, 5.74) is 2.21. The van der Waals surface area contributed by atoms with Gasteiger partial charge >= 0.3 is 0 Å². The number of aliphatic hydroxyl groups excluding tert-OH is 1. The number of carbonyl (C=O) groups is 1. The van der Waals surface area contributed by atoms with Gasteiger partial charge in [-0.25, -0.2) is 12.8 Å². The first kappa shape index (κ1) is 28.7. The maximum absolute atomic E-state index is 14.5. The quantitative estimate of drug-likeness (QED) is 0.396. The van der Waals surface area contributed by atoms with Crippen molar-refractivity contribution in [1.82, 2.24) is 14.6 Å². The van der Waals surface area contributed by atoms with Crippen LogP contribution in [-0.2, 0) is 27.8 Å². The molecule has 1 aromatic heterocycles. The molecule has 2 N–H and O–H groups in total. The molecule has 10 heteroatoms. The zero-order valence-corrected chi connectivity index (χ0v) is 22.9. The van der Waals surface area contributed by atoms with Gasteiger partial charge in [-0.2, -0.15) is 4.31 Å². The molecule has 208 valence electrons. The summed E-state index contributed by atoms with van der Waals surface area (Å²) >= 11 is 0. The first-order valence-electron chi connectivity index (χ1n) is 12.9. The molecule has 39 heavy (non-hydrogen) atoms. The van der Waals surface area contributed by atoms with E-state index >= 15 is 0 Å². The minimum atomic E-state index is -3.73. The predicted octanol–water partition coefficient (Wildman–Crippen LogP) is 3.62. The molecule has 1 fully saturated rings. The van der Waals surface area contributed by atoms with Crippen LogP contribution in [0.4, 0.5) is 4.39 Å². The zero-order valence-electron chi connectivity index (χ0n) is 22.1. The number of carbonyl (C=O) groups excluding carboxylic acids is 1. The van der Waals surface area contributed by atoms with E-state index in [1.54, 1.807) is 42.7 Å². The van der Waals surface area contributed by atoms with Gasteiger partial charge in [0.2, 0.25) is 15.9 Å². The normalized spacial score (nSPS) is 17.8. The van der Waals surface area contributed by atoms with Crippen molar-refractivity contribution >= 4 is 15.9 Å². The van der Waals surface area contributed by atoms with Gasteiger partial charge in [-0.15, -0.1) is 0 Å². The topological polar surface area (TPSA) is 109 Å². The van der Waals surface area contributed by atoms with Gasteiger partial charge in [-0.05, 0) is 67.6 Å². The van der Waals surface area contributed by atoms with Gasteiger partial charge in [0.15, 0.2) is 0 Å². The Balaban J connectivity index is 1.49. The zero-order chi connectivity index (χ0) is 28.0. The lowest BCUT2D eigenvalue weighted by Crippen LogP contribution is -2.52. The Labute approximate surface area is 228 Å². The molecular weight excluding hydrogens is 521 g/mol. The monoisotopic (exact) mass is 555 g/mol. The number of aromatic nitrogens is 1. The third-order valence-corrected chi connectivity index (χ3v) is 8.71. The van der Waals surface area contributed by atoms with Gasteiger partial charge in [0.05, 0.1) is 17.0 Å². The van der Waals surface area contributed by atoms with Crippen molar-refractivity contribution in [2.45, 2.75) is 56.8 Å². The second kappa shape index (κ2) is 12.7. The number of hydrogen-bond donors (Lipinski definition) is 2. The minimum Gasteiger partial charge on any atom is -0.489 e. The lowest BCUT2D eigenvalue weighted by atomic mass is 9.87. The number of nitrogens with zero attached hydrogens (tertiary/aromatic N) is 2. The predicted molar refractivity (Wildman–Crippen MR) is 145 cm³/mol. The van der Waals surface area contributed by atoms with E-state index in [0.717, 1.165) is 11.1 Å². The van der Waals surface area contributed by atoms with Crippen LogP contribution in [0.25, 0.3) is 0 Å². The van der Waals surface area contributed by atoms with Crippen molar-refractivity contribution in [3.05, 3.63) is 89.5 Å². The molecule has 0 radical (unpaired) electrons. The number of aryl methyl sites for hydroxylation is 1. The Morgan fingerprint density at radius 2 is 2.03 bits per heavy atom. The molecule has 0 unspecified atom stereocenters. The molecule has 3 atom stereocenters. The summed E-state index contributed by atoms with van der Waals surface area (Å²) in [6, 6.07) is 13.9. The lowest BCUT2D eigenvalue weighted by molar-refractivity contribution is -0.121. The number of sulfonamides is 1. The van der Waals surface area contributed by atoms with Crippen LogP contribution in [0, 0.1) is 18.7 Å². The van der Waals surface area contributed by atoms with E-state index in [0.29, 0.717) is 30.7 Å². The first-order valence-corrected chi connectivity index (χ1v) is 14.4. The number of ether oxygens (including phenoxy) is 1. The summed E-state index contributed by atoms with van der Waals surface area (Å²) in [6.07, 6.45) is 3.58. The maximum Gasteiger partial charge on any atom is 0.243 e. The van der Waals surface area contributed by atoms with Crippen LogP contribution < -0.4 is 10.1 Å². The highest BCUT2D eigenvalue weighted by Gasteiger charge is 2.36. The smallest absolute Gasteiger partial charge is 0.243 e. The standard InChI is InChI=1S/C29H34FN3O5S/c1-20-6-3-9-27(12-20)39(36,37)33-11-5-8-24(18-33)29(35)28(32-21(2)34)15-23-13-25(30)16-26(14-23)38-19-22-7-4-10-31-17-22/h3-4,6-7,9-10,12-14,16-17,24,28-29,35H,5,8,11,15,18-19H2,1-2H3,(H,32,34)/t24-,28+,29-/m1/s1. The molecule has 1 amide bonds. The largest absolute Gasteiger partial charge is 0.489 e. The molecule has 8 nitrogen and oxygen atoms in total. The molecule has 0 bridgehead atoms. The molecule has 4 rings (SSSR count). The van der Waals surface area contributed by atoms with E-state index in [1.165, 1.54) is 23.4 Å². The van der Waals surface area contributed by atoms with Crippen LogP contribution in [-0.4, -0.2) is 54.0 Å². The highest BCUT2D eigenvalue weighted by Crippen LogP contribution is 2.28. The molecule has 2 aromatic carbocycles. The molecule has 0 spiro atoms. The summed E-state index contributed by atoms with van der Waals surface area (Å²) < 4.78 is 48.2. The SMILES string of the molecule is CC(=O)N[C@@H](Cc1cc(F)cc(OCc2cccnc2)c1)[C@H](O)[C@@H]1CCCN(S(=O)(=O)c2cccc(C)c2)C1. The highest BCUT2D eigenvalue weighted by atomic mass is 32.2. The van der Waals surface area contributed by atoms with Crippen LogP contribution in [0.2, 0.25) is 0 Å². The van der Waals surface area contributed by atoms with Gasteiger partial charge in [-0.3, -0.25) is 9.78 Å². The van der Waals surface area contributed by atoms with Gasteiger partial charge in [0.1, 0.15) is 18.2 Å². The van der Waals surface area contributed by atoms with Gasteiger partial charge < -0.3 is 15.2 Å². The van der Waals surface area contributed by atoms with E-state index in [4.69, 9.17) is 4.74 Å². The number of hydrogen-bond acceptors (Lipinski definition) is 6. The van der Waals surface area contributed by atoms with Crippen LogP contribution >= 0.6 is 0 Å². The number of piperidine rings is 1. The van der Waals surface area contributed by atoms with Crippen molar-refractivity contribution in [3.63, 3.8) is 0 Å².